The second-order valence-corrected chi connectivity index (χ2v) is 5.81. The van der Waals surface area contributed by atoms with Crippen molar-refractivity contribution in [2.24, 2.45) is 7.05 Å². The Kier molecular flexibility index (Phi) is 4.29. The average Bonchev–Trinajstić information content (AvgIpc) is 2.81. The summed E-state index contributed by atoms with van der Waals surface area (Å²) in [5, 5.41) is 18.6. The van der Waals surface area contributed by atoms with Crippen molar-refractivity contribution in [3.05, 3.63) is 41.7 Å². The molecule has 114 valence electrons. The molecule has 0 aliphatic carbocycles. The summed E-state index contributed by atoms with van der Waals surface area (Å²) in [7, 11) is 1.75. The lowest BCUT2D eigenvalue weighted by Crippen LogP contribution is -2.25. The lowest BCUT2D eigenvalue weighted by Gasteiger charge is -2.24. The quantitative estimate of drug-likeness (QED) is 0.881. The molecule has 1 atom stereocenters. The van der Waals surface area contributed by atoms with Crippen molar-refractivity contribution in [1.82, 2.24) is 14.8 Å². The molecule has 1 N–H and O–H groups in total. The number of thioether (sulfide) groups is 1. The van der Waals surface area contributed by atoms with Crippen molar-refractivity contribution in [2.75, 3.05) is 5.75 Å². The van der Waals surface area contributed by atoms with Gasteiger partial charge in [-0.15, -0.1) is 10.2 Å². The van der Waals surface area contributed by atoms with E-state index in [1.165, 1.54) is 37.1 Å². The molecule has 1 unspecified atom stereocenters. The fourth-order valence-corrected chi connectivity index (χ4v) is 2.65. The van der Waals surface area contributed by atoms with Crippen LogP contribution >= 0.6 is 11.8 Å². The average molecular weight is 317 g/mol. The first-order valence-electron chi connectivity index (χ1n) is 6.07. The van der Waals surface area contributed by atoms with Crippen LogP contribution in [0.25, 0.3) is 0 Å². The first-order valence-corrected chi connectivity index (χ1v) is 7.05. The zero-order valence-electron chi connectivity index (χ0n) is 11.4. The van der Waals surface area contributed by atoms with E-state index >= 15 is 0 Å². The number of halogens is 3. The van der Waals surface area contributed by atoms with Crippen molar-refractivity contribution >= 4 is 11.8 Å². The molecule has 0 bridgehead atoms. The highest BCUT2D eigenvalue weighted by Gasteiger charge is 2.33. The van der Waals surface area contributed by atoms with Gasteiger partial charge >= 0.3 is 6.18 Å². The third-order valence-electron chi connectivity index (χ3n) is 2.96. The van der Waals surface area contributed by atoms with Crippen LogP contribution in [-0.2, 0) is 18.8 Å². The fraction of sp³-hybridized carbons (Fsp3) is 0.385. The Bertz CT molecular complexity index is 625. The predicted molar refractivity (Wildman–Crippen MR) is 72.7 cm³/mol. The Hall–Kier alpha value is -1.54. The fourth-order valence-electron chi connectivity index (χ4n) is 1.72. The van der Waals surface area contributed by atoms with Gasteiger partial charge in [-0.25, -0.2) is 0 Å². The summed E-state index contributed by atoms with van der Waals surface area (Å²) >= 11 is 1.23. The molecule has 1 aromatic heterocycles. The van der Waals surface area contributed by atoms with E-state index in [4.69, 9.17) is 0 Å². The van der Waals surface area contributed by atoms with E-state index in [9.17, 15) is 18.3 Å². The van der Waals surface area contributed by atoms with Gasteiger partial charge in [0, 0.05) is 12.8 Å². The number of aromatic nitrogens is 3. The van der Waals surface area contributed by atoms with Crippen molar-refractivity contribution < 1.29 is 18.3 Å². The largest absolute Gasteiger partial charge is 0.416 e. The first kappa shape index (κ1) is 15.8. The molecule has 0 saturated carbocycles. The van der Waals surface area contributed by atoms with Crippen LogP contribution in [0.2, 0.25) is 0 Å². The van der Waals surface area contributed by atoms with E-state index in [0.717, 1.165) is 12.1 Å². The van der Waals surface area contributed by atoms with Crippen molar-refractivity contribution in [1.29, 1.82) is 0 Å². The van der Waals surface area contributed by atoms with Crippen LogP contribution in [-0.4, -0.2) is 25.6 Å². The van der Waals surface area contributed by atoms with Crippen LogP contribution in [0.3, 0.4) is 0 Å². The monoisotopic (exact) mass is 317 g/mol. The van der Waals surface area contributed by atoms with E-state index in [0.29, 0.717) is 5.16 Å². The molecule has 4 nitrogen and oxygen atoms in total. The highest BCUT2D eigenvalue weighted by molar-refractivity contribution is 7.99. The molecular weight excluding hydrogens is 303 g/mol. The SMILES string of the molecule is Cn1cnnc1SCC(C)(O)c1cccc(C(F)(F)F)c1. The van der Waals surface area contributed by atoms with Crippen LogP contribution in [0, 0.1) is 0 Å². The highest BCUT2D eigenvalue weighted by atomic mass is 32.2. The van der Waals surface area contributed by atoms with Gasteiger partial charge in [-0.05, 0) is 24.6 Å². The predicted octanol–water partition coefficient (Wildman–Crippen LogP) is 2.83. The molecule has 0 amide bonds. The zero-order chi connectivity index (χ0) is 15.7. The molecule has 2 aromatic rings. The summed E-state index contributed by atoms with van der Waals surface area (Å²) in [5.74, 6) is 0.168. The maximum atomic E-state index is 12.7. The standard InChI is InChI=1S/C13H14F3N3OS/c1-12(20,7-21-11-18-17-8-19(11)2)9-4-3-5-10(6-9)13(14,15)16/h3-6,8,20H,7H2,1-2H3. The summed E-state index contributed by atoms with van der Waals surface area (Å²) in [6, 6.07) is 4.72. The molecule has 0 saturated heterocycles. The minimum atomic E-state index is -4.43. The van der Waals surface area contributed by atoms with Gasteiger partial charge in [-0.2, -0.15) is 13.2 Å². The second kappa shape index (κ2) is 5.69. The summed E-state index contributed by atoms with van der Waals surface area (Å²) in [6.07, 6.45) is -2.91. The van der Waals surface area contributed by atoms with Crippen LogP contribution < -0.4 is 0 Å². The Morgan fingerprint density at radius 3 is 2.52 bits per heavy atom. The Morgan fingerprint density at radius 1 is 1.29 bits per heavy atom. The number of nitrogens with zero attached hydrogens (tertiary/aromatic N) is 3. The zero-order valence-corrected chi connectivity index (χ0v) is 12.2. The van der Waals surface area contributed by atoms with Gasteiger partial charge in [0.1, 0.15) is 6.33 Å². The maximum Gasteiger partial charge on any atom is 0.416 e. The van der Waals surface area contributed by atoms with Crippen LogP contribution in [0.5, 0.6) is 0 Å². The summed E-state index contributed by atoms with van der Waals surface area (Å²) in [6.45, 7) is 1.48. The van der Waals surface area contributed by atoms with Crippen LogP contribution in [0.15, 0.2) is 35.7 Å². The van der Waals surface area contributed by atoms with Crippen molar-refractivity contribution in [2.45, 2.75) is 23.9 Å². The van der Waals surface area contributed by atoms with E-state index in [1.807, 2.05) is 0 Å². The third kappa shape index (κ3) is 3.76. The van der Waals surface area contributed by atoms with Gasteiger partial charge in [-0.3, -0.25) is 0 Å². The summed E-state index contributed by atoms with van der Waals surface area (Å²) < 4.78 is 39.8. The molecule has 0 aliphatic rings. The minimum Gasteiger partial charge on any atom is -0.385 e. The Labute approximate surface area is 124 Å². The molecule has 2 rings (SSSR count). The Balaban J connectivity index is 2.17. The molecule has 0 spiro atoms. The number of rotatable bonds is 4. The molecule has 0 fully saturated rings. The number of hydrogen-bond donors (Lipinski definition) is 1. The molecule has 8 heteroatoms. The normalized spacial score (nSPS) is 15.0. The van der Waals surface area contributed by atoms with Crippen LogP contribution in [0.4, 0.5) is 13.2 Å². The molecule has 0 aliphatic heterocycles. The maximum absolute atomic E-state index is 12.7. The van der Waals surface area contributed by atoms with Crippen molar-refractivity contribution in [3.8, 4) is 0 Å². The second-order valence-electron chi connectivity index (χ2n) is 4.87. The lowest BCUT2D eigenvalue weighted by molar-refractivity contribution is -0.137. The molecule has 1 aromatic carbocycles. The van der Waals surface area contributed by atoms with E-state index in [2.05, 4.69) is 10.2 Å². The van der Waals surface area contributed by atoms with E-state index < -0.39 is 17.3 Å². The Morgan fingerprint density at radius 2 is 1.95 bits per heavy atom. The van der Waals surface area contributed by atoms with Crippen LogP contribution in [0.1, 0.15) is 18.1 Å². The summed E-state index contributed by atoms with van der Waals surface area (Å²) in [4.78, 5) is 0. The third-order valence-corrected chi connectivity index (χ3v) is 4.30. The van der Waals surface area contributed by atoms with Gasteiger partial charge in [0.25, 0.3) is 0 Å². The van der Waals surface area contributed by atoms with Gasteiger partial charge in [0.15, 0.2) is 5.16 Å². The highest BCUT2D eigenvalue weighted by Crippen LogP contribution is 2.34. The molecule has 21 heavy (non-hydrogen) atoms. The molecule has 1 heterocycles. The van der Waals surface area contributed by atoms with E-state index in [-0.39, 0.29) is 11.3 Å². The van der Waals surface area contributed by atoms with Crippen molar-refractivity contribution in [3.63, 3.8) is 0 Å². The van der Waals surface area contributed by atoms with E-state index in [1.54, 1.807) is 11.6 Å². The van der Waals surface area contributed by atoms with Gasteiger partial charge in [0.2, 0.25) is 0 Å². The topological polar surface area (TPSA) is 50.9 Å². The molecular formula is C13H14F3N3OS. The number of benzene rings is 1. The summed E-state index contributed by atoms with van der Waals surface area (Å²) in [5.41, 5.74) is -1.96. The number of aliphatic hydroxyl groups is 1. The van der Waals surface area contributed by atoms with Gasteiger partial charge < -0.3 is 9.67 Å². The number of alkyl halides is 3. The van der Waals surface area contributed by atoms with Gasteiger partial charge in [0.05, 0.1) is 11.2 Å². The number of hydrogen-bond acceptors (Lipinski definition) is 4. The lowest BCUT2D eigenvalue weighted by atomic mass is 9.96. The smallest absolute Gasteiger partial charge is 0.385 e. The molecule has 0 radical (unpaired) electrons. The number of aryl methyl sites for hydroxylation is 1. The first-order chi connectivity index (χ1) is 9.70. The minimum absolute atomic E-state index is 0.168. The van der Waals surface area contributed by atoms with Gasteiger partial charge in [-0.1, -0.05) is 23.9 Å².